The van der Waals surface area contributed by atoms with E-state index < -0.39 is 17.8 Å². The molecule has 0 unspecified atom stereocenters. The summed E-state index contributed by atoms with van der Waals surface area (Å²) < 4.78 is 30.6. The molecule has 3 aromatic rings. The zero-order valence-electron chi connectivity index (χ0n) is 16.3. The van der Waals surface area contributed by atoms with E-state index in [1.54, 1.807) is 44.6 Å². The van der Waals surface area contributed by atoms with E-state index in [0.717, 1.165) is 0 Å². The number of amides is 1. The predicted molar refractivity (Wildman–Crippen MR) is 110 cm³/mol. The second-order valence-electron chi connectivity index (χ2n) is 6.63. The van der Waals surface area contributed by atoms with Gasteiger partial charge in [-0.1, -0.05) is 17.7 Å². The lowest BCUT2D eigenvalue weighted by Gasteiger charge is -2.22. The van der Waals surface area contributed by atoms with Crippen LogP contribution in [-0.2, 0) is 0 Å². The molecule has 6 nitrogen and oxygen atoms in total. The second kappa shape index (κ2) is 8.20. The molecule has 30 heavy (non-hydrogen) atoms. The van der Waals surface area contributed by atoms with Crippen molar-refractivity contribution < 1.29 is 23.1 Å². The maximum atomic E-state index is 14.7. The minimum Gasteiger partial charge on any atom is -0.497 e. The number of ether oxygens (including phenoxy) is 2. The summed E-state index contributed by atoms with van der Waals surface area (Å²) in [5.74, 6) is 0.242. The van der Waals surface area contributed by atoms with Gasteiger partial charge in [0.25, 0.3) is 0 Å². The van der Waals surface area contributed by atoms with E-state index in [2.05, 4.69) is 5.10 Å². The van der Waals surface area contributed by atoms with Crippen LogP contribution < -0.4 is 9.47 Å². The first-order valence-electron chi connectivity index (χ1n) is 9.13. The molecule has 1 aromatic heterocycles. The van der Waals surface area contributed by atoms with Crippen molar-refractivity contribution in [1.29, 1.82) is 0 Å². The van der Waals surface area contributed by atoms with Crippen LogP contribution in [-0.4, -0.2) is 30.8 Å². The Morgan fingerprint density at radius 3 is 2.50 bits per heavy atom. The molecule has 1 aliphatic rings. The SMILES string of the molecule is COc1cc(OC)cc(C2=NN(C(=O)c3ccco3)[C@@H](c3c(F)cccc3Cl)C2)c1. The predicted octanol–water partition coefficient (Wildman–Crippen LogP) is 5.08. The molecule has 0 saturated carbocycles. The molecule has 0 aliphatic carbocycles. The van der Waals surface area contributed by atoms with E-state index in [9.17, 15) is 9.18 Å². The molecule has 0 saturated heterocycles. The monoisotopic (exact) mass is 428 g/mol. The number of carbonyl (C=O) groups excluding carboxylic acids is 1. The van der Waals surface area contributed by atoms with Gasteiger partial charge in [0.1, 0.15) is 17.3 Å². The number of halogens is 2. The van der Waals surface area contributed by atoms with Crippen LogP contribution in [0.2, 0.25) is 5.02 Å². The Hall–Kier alpha value is -3.32. The second-order valence-corrected chi connectivity index (χ2v) is 7.04. The van der Waals surface area contributed by atoms with E-state index in [1.165, 1.54) is 29.5 Å². The van der Waals surface area contributed by atoms with Gasteiger partial charge >= 0.3 is 5.91 Å². The highest BCUT2D eigenvalue weighted by molar-refractivity contribution is 6.31. The van der Waals surface area contributed by atoms with E-state index in [4.69, 9.17) is 25.5 Å². The molecule has 154 valence electrons. The summed E-state index contributed by atoms with van der Waals surface area (Å²) in [5, 5.41) is 5.94. The zero-order chi connectivity index (χ0) is 21.3. The van der Waals surface area contributed by atoms with Crippen molar-refractivity contribution in [2.75, 3.05) is 14.2 Å². The number of methoxy groups -OCH3 is 2. The number of furan rings is 1. The van der Waals surface area contributed by atoms with Gasteiger partial charge in [-0.15, -0.1) is 0 Å². The molecule has 4 rings (SSSR count). The number of hydrogen-bond acceptors (Lipinski definition) is 5. The molecule has 8 heteroatoms. The highest BCUT2D eigenvalue weighted by Gasteiger charge is 2.37. The largest absolute Gasteiger partial charge is 0.497 e. The van der Waals surface area contributed by atoms with Crippen LogP contribution in [0, 0.1) is 5.82 Å². The highest BCUT2D eigenvalue weighted by Crippen LogP contribution is 2.39. The Labute approximate surface area is 177 Å². The minimum atomic E-state index is -0.733. The van der Waals surface area contributed by atoms with Crippen molar-refractivity contribution in [2.24, 2.45) is 5.10 Å². The lowest BCUT2D eigenvalue weighted by atomic mass is 9.97. The average molecular weight is 429 g/mol. The number of benzene rings is 2. The van der Waals surface area contributed by atoms with Crippen molar-refractivity contribution in [3.63, 3.8) is 0 Å². The Bertz CT molecular complexity index is 1070. The molecule has 1 atom stereocenters. The molecule has 0 radical (unpaired) electrons. The topological polar surface area (TPSA) is 64.3 Å². The summed E-state index contributed by atoms with van der Waals surface area (Å²) in [6.45, 7) is 0. The van der Waals surface area contributed by atoms with Gasteiger partial charge in [0.2, 0.25) is 0 Å². The van der Waals surface area contributed by atoms with Crippen molar-refractivity contribution in [3.05, 3.63) is 82.5 Å². The maximum absolute atomic E-state index is 14.7. The first kappa shape index (κ1) is 20.0. The third-order valence-corrected chi connectivity index (χ3v) is 5.20. The van der Waals surface area contributed by atoms with E-state index in [0.29, 0.717) is 22.8 Å². The summed E-state index contributed by atoms with van der Waals surface area (Å²) in [7, 11) is 3.09. The normalized spacial score (nSPS) is 15.8. The first-order valence-corrected chi connectivity index (χ1v) is 9.51. The molecule has 0 fully saturated rings. The number of carbonyl (C=O) groups is 1. The molecule has 1 aliphatic heterocycles. The third kappa shape index (κ3) is 3.64. The summed E-state index contributed by atoms with van der Waals surface area (Å²) in [4.78, 5) is 13.0. The lowest BCUT2D eigenvalue weighted by Crippen LogP contribution is -2.27. The van der Waals surface area contributed by atoms with Crippen LogP contribution in [0.15, 0.2) is 64.3 Å². The van der Waals surface area contributed by atoms with Crippen LogP contribution in [0.25, 0.3) is 0 Å². The Kier molecular flexibility index (Phi) is 5.46. The maximum Gasteiger partial charge on any atom is 0.310 e. The van der Waals surface area contributed by atoms with Gasteiger partial charge in [0, 0.05) is 28.6 Å². The summed E-state index contributed by atoms with van der Waals surface area (Å²) in [5.41, 5.74) is 1.46. The van der Waals surface area contributed by atoms with Crippen LogP contribution >= 0.6 is 11.6 Å². The number of nitrogens with zero attached hydrogens (tertiary/aromatic N) is 2. The van der Waals surface area contributed by atoms with Crippen molar-refractivity contribution in [3.8, 4) is 11.5 Å². The van der Waals surface area contributed by atoms with Gasteiger partial charge in [0.05, 0.1) is 32.2 Å². The van der Waals surface area contributed by atoms with Crippen molar-refractivity contribution in [1.82, 2.24) is 5.01 Å². The molecule has 0 N–H and O–H groups in total. The van der Waals surface area contributed by atoms with E-state index in [-0.39, 0.29) is 22.8 Å². The average Bonchev–Trinajstić information content (AvgIpc) is 3.43. The standard InChI is InChI=1S/C22H18ClFN2O4/c1-28-14-9-13(10-15(11-14)29-2)18-12-19(21-16(23)5-3-6-17(21)24)26(25-18)22(27)20-7-4-8-30-20/h3-11,19H,12H2,1-2H3/t19-/m1/s1. The van der Waals surface area contributed by atoms with Crippen molar-refractivity contribution >= 4 is 23.2 Å². The van der Waals surface area contributed by atoms with Crippen LogP contribution in [0.4, 0.5) is 4.39 Å². The first-order chi connectivity index (χ1) is 14.5. The smallest absolute Gasteiger partial charge is 0.310 e. The Balaban J connectivity index is 1.80. The number of hydrogen-bond donors (Lipinski definition) is 0. The summed E-state index contributed by atoms with van der Waals surface area (Å²) >= 11 is 6.30. The van der Waals surface area contributed by atoms with Crippen LogP contribution in [0.1, 0.15) is 34.1 Å². The lowest BCUT2D eigenvalue weighted by molar-refractivity contribution is 0.0676. The van der Waals surface area contributed by atoms with Crippen LogP contribution in [0.3, 0.4) is 0 Å². The fourth-order valence-electron chi connectivity index (χ4n) is 3.41. The van der Waals surface area contributed by atoms with Gasteiger partial charge in [-0.3, -0.25) is 4.79 Å². The number of rotatable bonds is 5. The Morgan fingerprint density at radius 2 is 1.90 bits per heavy atom. The van der Waals surface area contributed by atoms with Gasteiger partial charge in [-0.25, -0.2) is 9.40 Å². The van der Waals surface area contributed by atoms with Gasteiger partial charge in [-0.2, -0.15) is 5.10 Å². The number of hydrazone groups is 1. The summed E-state index contributed by atoms with van der Waals surface area (Å²) in [6, 6.07) is 12.1. The molecule has 0 spiro atoms. The molecule has 1 amide bonds. The van der Waals surface area contributed by atoms with Crippen LogP contribution in [0.5, 0.6) is 11.5 Å². The van der Waals surface area contributed by atoms with Gasteiger partial charge < -0.3 is 13.9 Å². The molecule has 2 aromatic carbocycles. The van der Waals surface area contributed by atoms with Crippen molar-refractivity contribution in [2.45, 2.75) is 12.5 Å². The third-order valence-electron chi connectivity index (χ3n) is 4.87. The summed E-state index contributed by atoms with van der Waals surface area (Å²) in [6.07, 6.45) is 1.65. The minimum absolute atomic E-state index is 0.0979. The molecular weight excluding hydrogens is 411 g/mol. The fraction of sp³-hybridized carbons (Fsp3) is 0.182. The highest BCUT2D eigenvalue weighted by atomic mass is 35.5. The quantitative estimate of drug-likeness (QED) is 0.568. The zero-order valence-corrected chi connectivity index (χ0v) is 17.0. The Morgan fingerprint density at radius 1 is 1.17 bits per heavy atom. The molecule has 2 heterocycles. The molecular formula is C22H18ClFN2O4. The van der Waals surface area contributed by atoms with E-state index in [1.807, 2.05) is 0 Å². The fourth-order valence-corrected chi connectivity index (χ4v) is 3.70. The van der Waals surface area contributed by atoms with Gasteiger partial charge in [-0.05, 0) is 36.4 Å². The molecule has 0 bridgehead atoms. The van der Waals surface area contributed by atoms with Gasteiger partial charge in [0.15, 0.2) is 5.76 Å². The van der Waals surface area contributed by atoms with E-state index >= 15 is 0 Å².